The van der Waals surface area contributed by atoms with Crippen molar-refractivity contribution in [2.75, 3.05) is 13.6 Å². The van der Waals surface area contributed by atoms with E-state index in [2.05, 4.69) is 0 Å². The minimum atomic E-state index is -0.626. The molecule has 0 spiro atoms. The van der Waals surface area contributed by atoms with Crippen LogP contribution < -0.4 is 10.5 Å². The number of ether oxygens (including phenoxy) is 1. The molecule has 0 heterocycles. The zero-order valence-electron chi connectivity index (χ0n) is 12.9. The number of hydrogen-bond donors (Lipinski definition) is 2. The van der Waals surface area contributed by atoms with Gasteiger partial charge in [0.1, 0.15) is 18.2 Å². The van der Waals surface area contributed by atoms with E-state index < -0.39 is 6.67 Å². The van der Waals surface area contributed by atoms with Crippen LogP contribution in [0.3, 0.4) is 0 Å². The third-order valence-electron chi connectivity index (χ3n) is 3.47. The van der Waals surface area contributed by atoms with Crippen molar-refractivity contribution in [3.05, 3.63) is 58.6 Å². The van der Waals surface area contributed by atoms with E-state index in [1.54, 1.807) is 30.1 Å². The Bertz CT molecular complexity index is 676. The van der Waals surface area contributed by atoms with Gasteiger partial charge in [0.25, 0.3) is 0 Å². The number of nitrogens with zero attached hydrogens (tertiary/aromatic N) is 1. The van der Waals surface area contributed by atoms with Gasteiger partial charge in [0.05, 0.1) is 0 Å². The maximum atomic E-state index is 12.8. The Morgan fingerprint density at radius 1 is 1.22 bits per heavy atom. The zero-order chi connectivity index (χ0) is 16.8. The highest BCUT2D eigenvalue weighted by Gasteiger charge is 2.05. The van der Waals surface area contributed by atoms with E-state index in [0.29, 0.717) is 28.6 Å². The van der Waals surface area contributed by atoms with E-state index in [1.165, 1.54) is 0 Å². The van der Waals surface area contributed by atoms with Crippen molar-refractivity contribution in [2.24, 2.45) is 5.73 Å². The van der Waals surface area contributed by atoms with Gasteiger partial charge in [0.15, 0.2) is 5.96 Å². The lowest BCUT2D eigenvalue weighted by Crippen LogP contribution is -2.34. The molecule has 0 unspecified atom stereocenters. The summed E-state index contributed by atoms with van der Waals surface area (Å²) in [4.78, 5) is 1.68. The highest BCUT2D eigenvalue weighted by atomic mass is 35.5. The summed E-state index contributed by atoms with van der Waals surface area (Å²) in [7, 11) is 1.78. The molecule has 0 aromatic heterocycles. The first-order chi connectivity index (χ1) is 11.0. The first kappa shape index (κ1) is 17.1. The van der Waals surface area contributed by atoms with Crippen LogP contribution in [0.5, 0.6) is 11.5 Å². The summed E-state index contributed by atoms with van der Waals surface area (Å²) in [5.74, 6) is 1.27. The summed E-state index contributed by atoms with van der Waals surface area (Å²) in [5.41, 5.74) is 6.92. The van der Waals surface area contributed by atoms with Gasteiger partial charge in [-0.3, -0.25) is 5.41 Å². The van der Waals surface area contributed by atoms with E-state index in [-0.39, 0.29) is 5.96 Å². The fourth-order valence-electron chi connectivity index (χ4n) is 1.99. The lowest BCUT2D eigenvalue weighted by molar-refractivity contribution is 0.468. The van der Waals surface area contributed by atoms with Crippen molar-refractivity contribution >= 4 is 17.6 Å². The Morgan fingerprint density at radius 3 is 2.48 bits per heavy atom. The molecular weight excluding hydrogens is 317 g/mol. The topological polar surface area (TPSA) is 62.3 Å². The molecule has 3 N–H and O–H groups in total. The smallest absolute Gasteiger partial charge is 0.188 e. The molecule has 0 aliphatic rings. The lowest BCUT2D eigenvalue weighted by atomic mass is 10.1. The second-order valence-electron chi connectivity index (χ2n) is 5.19. The Hall–Kier alpha value is -2.27. The van der Waals surface area contributed by atoms with Crippen LogP contribution in [-0.4, -0.2) is 24.5 Å². The lowest BCUT2D eigenvalue weighted by Gasteiger charge is -2.16. The molecule has 2 rings (SSSR count). The highest BCUT2D eigenvalue weighted by Crippen LogP contribution is 2.27. The first-order valence-electron chi connectivity index (χ1n) is 7.16. The van der Waals surface area contributed by atoms with Crippen molar-refractivity contribution in [1.29, 1.82) is 5.41 Å². The number of alkyl halides is 1. The number of likely N-dealkylation sites (N-methyl/N-ethyl adjacent to an activating group) is 1. The normalized spacial score (nSPS) is 10.4. The molecule has 0 saturated heterocycles. The van der Waals surface area contributed by atoms with Crippen molar-refractivity contribution in [1.82, 2.24) is 4.90 Å². The van der Waals surface area contributed by atoms with Gasteiger partial charge in [-0.25, -0.2) is 4.39 Å². The summed E-state index contributed by atoms with van der Waals surface area (Å²) in [6, 6.07) is 12.5. The minimum Gasteiger partial charge on any atom is -0.457 e. The number of rotatable bonds is 6. The van der Waals surface area contributed by atoms with Gasteiger partial charge in [-0.15, -0.1) is 0 Å². The van der Waals surface area contributed by atoms with Gasteiger partial charge < -0.3 is 15.4 Å². The van der Waals surface area contributed by atoms with Gasteiger partial charge >= 0.3 is 0 Å². The Morgan fingerprint density at radius 2 is 1.87 bits per heavy atom. The zero-order valence-corrected chi connectivity index (χ0v) is 13.6. The van der Waals surface area contributed by atoms with Crippen molar-refractivity contribution in [2.45, 2.75) is 13.1 Å². The molecule has 0 amide bonds. The molecule has 0 radical (unpaired) electrons. The molecule has 0 aliphatic carbocycles. The van der Waals surface area contributed by atoms with Crippen LogP contribution in [0.2, 0.25) is 5.02 Å². The average molecular weight is 336 g/mol. The quantitative estimate of drug-likeness (QED) is 0.620. The summed E-state index contributed by atoms with van der Waals surface area (Å²) in [6.07, 6.45) is 0.781. The number of nitrogens with one attached hydrogen (secondary N) is 1. The largest absolute Gasteiger partial charge is 0.457 e. The Labute approximate surface area is 140 Å². The molecule has 2 aromatic carbocycles. The van der Waals surface area contributed by atoms with Gasteiger partial charge in [0.2, 0.25) is 0 Å². The summed E-state index contributed by atoms with van der Waals surface area (Å²) >= 11 is 5.88. The van der Waals surface area contributed by atoms with Crippen LogP contribution in [0.15, 0.2) is 42.5 Å². The summed E-state index contributed by atoms with van der Waals surface area (Å²) in [6.45, 7) is 0.0468. The molecule has 4 nitrogen and oxygen atoms in total. The summed E-state index contributed by atoms with van der Waals surface area (Å²) < 4.78 is 18.5. The SMILES string of the molecule is CN(CCc1ccc(Oc2ccc(Cl)c(CF)c2)cc1)C(=N)N. The standard InChI is InChI=1S/C17H19ClFN3O/c1-22(17(20)21)9-8-12-2-4-14(5-3-12)23-15-6-7-16(18)13(10-15)11-19/h2-7,10H,8-9,11H2,1H3,(H3,20,21). The van der Waals surface area contributed by atoms with Crippen molar-refractivity contribution in [3.63, 3.8) is 0 Å². The minimum absolute atomic E-state index is 0.0522. The number of guanidine groups is 1. The fraction of sp³-hybridized carbons (Fsp3) is 0.235. The van der Waals surface area contributed by atoms with Crippen LogP contribution in [0, 0.1) is 5.41 Å². The molecule has 0 saturated carbocycles. The highest BCUT2D eigenvalue weighted by molar-refractivity contribution is 6.31. The van der Waals surface area contributed by atoms with Crippen LogP contribution in [0.25, 0.3) is 0 Å². The number of benzene rings is 2. The molecule has 122 valence electrons. The fourth-order valence-corrected chi connectivity index (χ4v) is 2.16. The molecule has 0 fully saturated rings. The molecular formula is C17H19ClFN3O. The monoisotopic (exact) mass is 335 g/mol. The first-order valence-corrected chi connectivity index (χ1v) is 7.53. The maximum absolute atomic E-state index is 12.8. The van der Waals surface area contributed by atoms with Crippen LogP contribution in [-0.2, 0) is 13.1 Å². The van der Waals surface area contributed by atoms with Gasteiger partial charge in [-0.1, -0.05) is 23.7 Å². The van der Waals surface area contributed by atoms with Crippen LogP contribution in [0.4, 0.5) is 4.39 Å². The van der Waals surface area contributed by atoms with Crippen molar-refractivity contribution < 1.29 is 9.13 Å². The molecule has 2 aromatic rings. The number of nitrogens with two attached hydrogens (primary N) is 1. The molecule has 23 heavy (non-hydrogen) atoms. The van der Waals surface area contributed by atoms with Crippen molar-refractivity contribution in [3.8, 4) is 11.5 Å². The third-order valence-corrected chi connectivity index (χ3v) is 3.84. The predicted octanol–water partition coefficient (Wildman–Crippen LogP) is 3.97. The van der Waals surface area contributed by atoms with Gasteiger partial charge in [-0.05, 0) is 42.3 Å². The van der Waals surface area contributed by atoms with E-state index in [1.807, 2.05) is 24.3 Å². The Balaban J connectivity index is 1.98. The van der Waals surface area contributed by atoms with E-state index >= 15 is 0 Å². The Kier molecular flexibility index (Phi) is 5.82. The van der Waals surface area contributed by atoms with E-state index in [0.717, 1.165) is 12.0 Å². The molecule has 6 heteroatoms. The van der Waals surface area contributed by atoms with E-state index in [4.69, 9.17) is 27.5 Å². The van der Waals surface area contributed by atoms with Crippen LogP contribution in [0.1, 0.15) is 11.1 Å². The summed E-state index contributed by atoms with van der Waals surface area (Å²) in [5, 5.41) is 7.71. The van der Waals surface area contributed by atoms with Crippen LogP contribution >= 0.6 is 11.6 Å². The predicted molar refractivity (Wildman–Crippen MR) is 91.0 cm³/mol. The second kappa shape index (κ2) is 7.83. The number of hydrogen-bond acceptors (Lipinski definition) is 2. The molecule has 0 bridgehead atoms. The molecule has 0 atom stereocenters. The van der Waals surface area contributed by atoms with E-state index in [9.17, 15) is 4.39 Å². The maximum Gasteiger partial charge on any atom is 0.188 e. The second-order valence-corrected chi connectivity index (χ2v) is 5.60. The van der Waals surface area contributed by atoms with Gasteiger partial charge in [0, 0.05) is 24.2 Å². The molecule has 0 aliphatic heterocycles. The third kappa shape index (κ3) is 4.86. The van der Waals surface area contributed by atoms with Gasteiger partial charge in [-0.2, -0.15) is 0 Å². The average Bonchev–Trinajstić information content (AvgIpc) is 2.55. The number of halogens is 2.